The molecule has 0 bridgehead atoms. The highest BCUT2D eigenvalue weighted by Crippen LogP contribution is 2.49. The van der Waals surface area contributed by atoms with Gasteiger partial charge in [-0.1, -0.05) is 188 Å². The summed E-state index contributed by atoms with van der Waals surface area (Å²) in [6, 6.07) is 85.4. The van der Waals surface area contributed by atoms with Gasteiger partial charge in [-0.05, 0) is 114 Å². The minimum Gasteiger partial charge on any atom is -0.455 e. The summed E-state index contributed by atoms with van der Waals surface area (Å²) in [5, 5.41) is 9.56. The first-order chi connectivity index (χ1) is 30.8. The van der Waals surface area contributed by atoms with Crippen molar-refractivity contribution in [1.82, 2.24) is 0 Å². The molecule has 1 aromatic heterocycles. The van der Waals surface area contributed by atoms with E-state index in [1.165, 1.54) is 54.6 Å². The first-order valence-electron chi connectivity index (χ1n) is 21.3. The molecule has 0 amide bonds. The van der Waals surface area contributed by atoms with Gasteiger partial charge < -0.3 is 9.32 Å². The summed E-state index contributed by atoms with van der Waals surface area (Å²) in [6.45, 7) is 0. The maximum atomic E-state index is 6.96. The molecular formula is C60H39NO. The molecule has 0 unspecified atom stereocenters. The molecule has 12 rings (SSSR count). The molecule has 0 fully saturated rings. The van der Waals surface area contributed by atoms with E-state index in [0.717, 1.165) is 61.3 Å². The lowest BCUT2D eigenvalue weighted by Crippen LogP contribution is -2.12. The Hall–Kier alpha value is -8.20. The van der Waals surface area contributed by atoms with Gasteiger partial charge in [0.25, 0.3) is 0 Å². The Morgan fingerprint density at radius 3 is 1.76 bits per heavy atom. The summed E-state index contributed by atoms with van der Waals surface area (Å²) in [6.07, 6.45) is 0. The number of hydrogen-bond acceptors (Lipinski definition) is 2. The average Bonchev–Trinajstić information content (AvgIpc) is 3.75. The van der Waals surface area contributed by atoms with E-state index < -0.39 is 0 Å². The highest BCUT2D eigenvalue weighted by atomic mass is 16.3. The number of furan rings is 1. The van der Waals surface area contributed by atoms with E-state index >= 15 is 0 Å². The molecule has 0 spiro atoms. The number of fused-ring (bicyclic) bond motifs is 7. The molecule has 11 aromatic carbocycles. The minimum atomic E-state index is 0.860. The number of nitrogens with zero attached hydrogens (tertiary/aromatic N) is 1. The van der Waals surface area contributed by atoms with E-state index in [-0.39, 0.29) is 0 Å². The normalized spacial score (nSPS) is 11.5. The van der Waals surface area contributed by atoms with E-state index in [0.29, 0.717) is 0 Å². The number of anilines is 3. The summed E-state index contributed by atoms with van der Waals surface area (Å²) in [4.78, 5) is 2.43. The van der Waals surface area contributed by atoms with Gasteiger partial charge in [-0.25, -0.2) is 0 Å². The summed E-state index contributed by atoms with van der Waals surface area (Å²) in [5.74, 6) is 0. The van der Waals surface area contributed by atoms with Crippen LogP contribution in [-0.2, 0) is 0 Å². The SMILES string of the molecule is c1ccc(-c2cccc(-c3ccccc3N(c3ccc(-c4cc5ccccc5c5ccccc45)cc3)c3ccc(-c4cccc5ccccc45)c4oc5ccccc5c34)c2)cc1. The smallest absolute Gasteiger partial charge is 0.145 e. The van der Waals surface area contributed by atoms with Crippen molar-refractivity contribution in [3.05, 3.63) is 237 Å². The second-order valence-corrected chi connectivity index (χ2v) is 16.0. The van der Waals surface area contributed by atoms with Crippen LogP contribution in [-0.4, -0.2) is 0 Å². The van der Waals surface area contributed by atoms with Crippen molar-refractivity contribution in [1.29, 1.82) is 0 Å². The van der Waals surface area contributed by atoms with E-state index in [9.17, 15) is 0 Å². The van der Waals surface area contributed by atoms with E-state index in [1.54, 1.807) is 0 Å². The van der Waals surface area contributed by atoms with Crippen molar-refractivity contribution in [2.24, 2.45) is 0 Å². The molecule has 0 saturated heterocycles. The van der Waals surface area contributed by atoms with E-state index in [4.69, 9.17) is 4.42 Å². The molecule has 2 nitrogen and oxygen atoms in total. The third kappa shape index (κ3) is 5.96. The van der Waals surface area contributed by atoms with Crippen LogP contribution in [0.1, 0.15) is 0 Å². The van der Waals surface area contributed by atoms with Gasteiger partial charge in [-0.15, -0.1) is 0 Å². The molecule has 290 valence electrons. The van der Waals surface area contributed by atoms with Gasteiger partial charge in [0.1, 0.15) is 11.2 Å². The summed E-state index contributed by atoms with van der Waals surface area (Å²) < 4.78 is 6.96. The monoisotopic (exact) mass is 789 g/mol. The molecule has 62 heavy (non-hydrogen) atoms. The topological polar surface area (TPSA) is 16.4 Å². The zero-order chi connectivity index (χ0) is 41.0. The maximum Gasteiger partial charge on any atom is 0.145 e. The van der Waals surface area contributed by atoms with Crippen molar-refractivity contribution in [2.75, 3.05) is 4.90 Å². The quantitative estimate of drug-likeness (QED) is 0.150. The molecule has 1 heterocycles. The first-order valence-corrected chi connectivity index (χ1v) is 21.3. The lowest BCUT2D eigenvalue weighted by molar-refractivity contribution is 0.670. The fourth-order valence-electron chi connectivity index (χ4n) is 9.57. The van der Waals surface area contributed by atoms with Gasteiger partial charge >= 0.3 is 0 Å². The third-order valence-corrected chi connectivity index (χ3v) is 12.5. The number of para-hydroxylation sites is 2. The Labute approximate surface area is 360 Å². The Kier molecular flexibility index (Phi) is 8.53. The standard InChI is InChI=1S/C60H39NO/c1-2-16-40(17-3-1)43-21-14-22-44(38-43)49-25-10-12-30-56(49)61(46-34-32-42(33-35-46)55-39-45-19-5-7-24-48(45)50-26-8-9-27-52(50)55)57-37-36-53(51-29-15-20-41-18-4-6-23-47(41)51)60-59(57)54-28-11-13-31-58(54)62-60/h1-39H. The number of hydrogen-bond donors (Lipinski definition) is 0. The number of benzene rings is 11. The molecule has 0 radical (unpaired) electrons. The fourth-order valence-corrected chi connectivity index (χ4v) is 9.57. The molecule has 0 N–H and O–H groups in total. The molecule has 0 aliphatic heterocycles. The molecule has 0 aliphatic rings. The van der Waals surface area contributed by atoms with Crippen LogP contribution in [0.15, 0.2) is 241 Å². The zero-order valence-corrected chi connectivity index (χ0v) is 33.9. The summed E-state index contributed by atoms with van der Waals surface area (Å²) >= 11 is 0. The number of rotatable bonds is 7. The Balaban J connectivity index is 1.10. The Morgan fingerprint density at radius 2 is 0.903 bits per heavy atom. The molecule has 12 aromatic rings. The van der Waals surface area contributed by atoms with Crippen LogP contribution in [0.3, 0.4) is 0 Å². The Morgan fingerprint density at radius 1 is 0.290 bits per heavy atom. The van der Waals surface area contributed by atoms with Crippen molar-refractivity contribution in [3.8, 4) is 44.5 Å². The molecule has 0 saturated carbocycles. The molecular weight excluding hydrogens is 751 g/mol. The van der Waals surface area contributed by atoms with E-state index in [1.807, 2.05) is 0 Å². The third-order valence-electron chi connectivity index (χ3n) is 12.5. The highest BCUT2D eigenvalue weighted by molar-refractivity contribution is 6.19. The second kappa shape index (κ2) is 14.8. The lowest BCUT2D eigenvalue weighted by atomic mass is 9.93. The second-order valence-electron chi connectivity index (χ2n) is 16.0. The van der Waals surface area contributed by atoms with Gasteiger partial charge in [0, 0.05) is 22.2 Å². The summed E-state index contributed by atoms with van der Waals surface area (Å²) in [5.41, 5.74) is 14.2. The van der Waals surface area contributed by atoms with Crippen LogP contribution >= 0.6 is 0 Å². The van der Waals surface area contributed by atoms with Gasteiger partial charge in [0.15, 0.2) is 0 Å². The highest BCUT2D eigenvalue weighted by Gasteiger charge is 2.25. The molecule has 2 heteroatoms. The fraction of sp³-hybridized carbons (Fsp3) is 0. The van der Waals surface area contributed by atoms with Crippen LogP contribution in [0.5, 0.6) is 0 Å². The van der Waals surface area contributed by atoms with Gasteiger partial charge in [-0.3, -0.25) is 0 Å². The van der Waals surface area contributed by atoms with E-state index in [2.05, 4.69) is 241 Å². The Bertz CT molecular complexity index is 3630. The molecule has 0 aliphatic carbocycles. The van der Waals surface area contributed by atoms with Crippen LogP contribution < -0.4 is 4.90 Å². The van der Waals surface area contributed by atoms with Crippen molar-refractivity contribution < 1.29 is 4.42 Å². The molecule has 0 atom stereocenters. The van der Waals surface area contributed by atoms with Crippen molar-refractivity contribution in [3.63, 3.8) is 0 Å². The van der Waals surface area contributed by atoms with Crippen LogP contribution in [0.2, 0.25) is 0 Å². The van der Waals surface area contributed by atoms with Crippen LogP contribution in [0, 0.1) is 0 Å². The van der Waals surface area contributed by atoms with Crippen LogP contribution in [0.25, 0.3) is 98.8 Å². The van der Waals surface area contributed by atoms with Crippen molar-refractivity contribution >= 4 is 71.3 Å². The van der Waals surface area contributed by atoms with Crippen molar-refractivity contribution in [2.45, 2.75) is 0 Å². The zero-order valence-electron chi connectivity index (χ0n) is 33.9. The predicted molar refractivity (Wildman–Crippen MR) is 263 cm³/mol. The predicted octanol–water partition coefficient (Wildman–Crippen LogP) is 17.2. The maximum absolute atomic E-state index is 6.96. The minimum absolute atomic E-state index is 0.860. The van der Waals surface area contributed by atoms with Gasteiger partial charge in [0.05, 0.1) is 16.8 Å². The summed E-state index contributed by atoms with van der Waals surface area (Å²) in [7, 11) is 0. The van der Waals surface area contributed by atoms with Crippen LogP contribution in [0.4, 0.5) is 17.1 Å². The first kappa shape index (κ1) is 35.7. The average molecular weight is 790 g/mol. The van der Waals surface area contributed by atoms with Gasteiger partial charge in [-0.2, -0.15) is 0 Å². The van der Waals surface area contributed by atoms with Gasteiger partial charge in [0.2, 0.25) is 0 Å². The lowest BCUT2D eigenvalue weighted by Gasteiger charge is -2.29. The largest absolute Gasteiger partial charge is 0.455 e.